The SMILES string of the molecule is Cc1c(CN)c(CC(C)C)nn1C. The van der Waals surface area contributed by atoms with Crippen LogP contribution in [0.15, 0.2) is 0 Å². The van der Waals surface area contributed by atoms with Gasteiger partial charge in [0.05, 0.1) is 5.69 Å². The summed E-state index contributed by atoms with van der Waals surface area (Å²) in [7, 11) is 1.97. The van der Waals surface area contributed by atoms with Crippen molar-refractivity contribution in [3.05, 3.63) is 17.0 Å². The maximum Gasteiger partial charge on any atom is 0.0674 e. The number of hydrogen-bond donors (Lipinski definition) is 1. The molecule has 0 fully saturated rings. The third kappa shape index (κ3) is 2.10. The van der Waals surface area contributed by atoms with E-state index in [-0.39, 0.29) is 0 Å². The molecule has 1 heterocycles. The monoisotopic (exact) mass is 181 g/mol. The molecule has 1 aromatic heterocycles. The Bertz CT molecular complexity index is 287. The standard InChI is InChI=1S/C10H19N3/c1-7(2)5-10-9(6-11)8(3)13(4)12-10/h7H,5-6,11H2,1-4H3. The molecule has 1 rings (SSSR count). The van der Waals surface area contributed by atoms with Gasteiger partial charge in [-0.1, -0.05) is 13.8 Å². The van der Waals surface area contributed by atoms with Gasteiger partial charge < -0.3 is 5.73 Å². The normalized spacial score (nSPS) is 11.2. The summed E-state index contributed by atoms with van der Waals surface area (Å²) < 4.78 is 1.92. The number of aryl methyl sites for hydroxylation is 1. The van der Waals surface area contributed by atoms with Gasteiger partial charge in [-0.25, -0.2) is 0 Å². The first-order valence-electron chi connectivity index (χ1n) is 4.77. The zero-order chi connectivity index (χ0) is 10.0. The lowest BCUT2D eigenvalue weighted by atomic mass is 10.0. The van der Waals surface area contributed by atoms with E-state index in [4.69, 9.17) is 5.73 Å². The van der Waals surface area contributed by atoms with Crippen molar-refractivity contribution in [2.24, 2.45) is 18.7 Å². The number of nitrogens with two attached hydrogens (primary N) is 1. The van der Waals surface area contributed by atoms with Crippen molar-refractivity contribution in [2.45, 2.75) is 33.7 Å². The largest absolute Gasteiger partial charge is 0.326 e. The van der Waals surface area contributed by atoms with Gasteiger partial charge in [0.2, 0.25) is 0 Å². The van der Waals surface area contributed by atoms with Gasteiger partial charge in [-0.15, -0.1) is 0 Å². The van der Waals surface area contributed by atoms with Gasteiger partial charge in [0.1, 0.15) is 0 Å². The smallest absolute Gasteiger partial charge is 0.0674 e. The quantitative estimate of drug-likeness (QED) is 0.765. The van der Waals surface area contributed by atoms with Crippen molar-refractivity contribution >= 4 is 0 Å². The van der Waals surface area contributed by atoms with E-state index in [2.05, 4.69) is 25.9 Å². The Labute approximate surface area is 79.9 Å². The fraction of sp³-hybridized carbons (Fsp3) is 0.700. The number of nitrogens with zero attached hydrogens (tertiary/aromatic N) is 2. The third-order valence-electron chi connectivity index (χ3n) is 2.35. The van der Waals surface area contributed by atoms with E-state index in [0.29, 0.717) is 12.5 Å². The fourth-order valence-corrected chi connectivity index (χ4v) is 1.54. The molecular formula is C10H19N3. The van der Waals surface area contributed by atoms with E-state index in [1.54, 1.807) is 0 Å². The van der Waals surface area contributed by atoms with E-state index in [0.717, 1.165) is 12.1 Å². The van der Waals surface area contributed by atoms with Crippen molar-refractivity contribution in [3.8, 4) is 0 Å². The average Bonchev–Trinajstić information content (AvgIpc) is 2.27. The Balaban J connectivity index is 2.99. The second kappa shape index (κ2) is 3.92. The summed E-state index contributed by atoms with van der Waals surface area (Å²) in [6.45, 7) is 7.06. The lowest BCUT2D eigenvalue weighted by molar-refractivity contribution is 0.616. The molecule has 1 aromatic rings. The predicted octanol–water partition coefficient (Wildman–Crippen LogP) is 1.39. The molecule has 0 aliphatic rings. The van der Waals surface area contributed by atoms with Gasteiger partial charge in [-0.3, -0.25) is 4.68 Å². The van der Waals surface area contributed by atoms with Crippen LogP contribution in [-0.2, 0) is 20.0 Å². The topological polar surface area (TPSA) is 43.8 Å². The molecule has 13 heavy (non-hydrogen) atoms. The zero-order valence-corrected chi connectivity index (χ0v) is 8.96. The van der Waals surface area contributed by atoms with E-state index in [1.165, 1.54) is 11.3 Å². The first kappa shape index (κ1) is 10.3. The van der Waals surface area contributed by atoms with Crippen LogP contribution in [0.2, 0.25) is 0 Å². The lowest BCUT2D eigenvalue weighted by Crippen LogP contribution is -2.03. The molecule has 0 saturated heterocycles. The van der Waals surface area contributed by atoms with E-state index in [1.807, 2.05) is 11.7 Å². The average molecular weight is 181 g/mol. The molecule has 0 radical (unpaired) electrons. The van der Waals surface area contributed by atoms with E-state index < -0.39 is 0 Å². The van der Waals surface area contributed by atoms with Crippen LogP contribution in [-0.4, -0.2) is 9.78 Å². The third-order valence-corrected chi connectivity index (χ3v) is 2.35. The highest BCUT2D eigenvalue weighted by Crippen LogP contribution is 2.15. The van der Waals surface area contributed by atoms with Crippen molar-refractivity contribution in [1.29, 1.82) is 0 Å². The zero-order valence-electron chi connectivity index (χ0n) is 8.96. The molecule has 0 spiro atoms. The van der Waals surface area contributed by atoms with Crippen LogP contribution in [0.5, 0.6) is 0 Å². The van der Waals surface area contributed by atoms with Crippen molar-refractivity contribution in [2.75, 3.05) is 0 Å². The molecule has 0 saturated carbocycles. The maximum atomic E-state index is 5.69. The van der Waals surface area contributed by atoms with Gasteiger partial charge in [0.15, 0.2) is 0 Å². The highest BCUT2D eigenvalue weighted by atomic mass is 15.3. The highest BCUT2D eigenvalue weighted by molar-refractivity contribution is 5.25. The Morgan fingerprint density at radius 2 is 2.08 bits per heavy atom. The number of rotatable bonds is 3. The summed E-state index contributed by atoms with van der Waals surface area (Å²) in [6, 6.07) is 0. The van der Waals surface area contributed by atoms with Crippen LogP contribution in [0, 0.1) is 12.8 Å². The molecule has 0 aliphatic heterocycles. The van der Waals surface area contributed by atoms with Crippen molar-refractivity contribution in [1.82, 2.24) is 9.78 Å². The van der Waals surface area contributed by atoms with E-state index in [9.17, 15) is 0 Å². The molecule has 3 nitrogen and oxygen atoms in total. The minimum Gasteiger partial charge on any atom is -0.326 e. The molecule has 0 unspecified atom stereocenters. The van der Waals surface area contributed by atoms with Crippen LogP contribution in [0.3, 0.4) is 0 Å². The van der Waals surface area contributed by atoms with Crippen molar-refractivity contribution in [3.63, 3.8) is 0 Å². The number of aromatic nitrogens is 2. The van der Waals surface area contributed by atoms with Gasteiger partial charge in [0.25, 0.3) is 0 Å². The Morgan fingerprint density at radius 3 is 2.54 bits per heavy atom. The summed E-state index contributed by atoms with van der Waals surface area (Å²) >= 11 is 0. The second-order valence-electron chi connectivity index (χ2n) is 3.94. The molecule has 2 N–H and O–H groups in total. The van der Waals surface area contributed by atoms with Crippen molar-refractivity contribution < 1.29 is 0 Å². The Kier molecular flexibility index (Phi) is 3.09. The maximum absolute atomic E-state index is 5.69. The first-order chi connectivity index (χ1) is 6.06. The van der Waals surface area contributed by atoms with Crippen LogP contribution >= 0.6 is 0 Å². The molecule has 3 heteroatoms. The van der Waals surface area contributed by atoms with Gasteiger partial charge in [0, 0.05) is 24.8 Å². The molecule has 0 aliphatic carbocycles. The molecule has 0 amide bonds. The number of hydrogen-bond acceptors (Lipinski definition) is 2. The minimum atomic E-state index is 0.599. The summed E-state index contributed by atoms with van der Waals surface area (Å²) in [5, 5.41) is 4.46. The summed E-state index contributed by atoms with van der Waals surface area (Å²) in [4.78, 5) is 0. The second-order valence-corrected chi connectivity index (χ2v) is 3.94. The summed E-state index contributed by atoms with van der Waals surface area (Å²) in [5.74, 6) is 0.639. The summed E-state index contributed by atoms with van der Waals surface area (Å²) in [5.41, 5.74) is 9.26. The molecular weight excluding hydrogens is 162 g/mol. The first-order valence-corrected chi connectivity index (χ1v) is 4.77. The highest BCUT2D eigenvalue weighted by Gasteiger charge is 2.11. The predicted molar refractivity (Wildman–Crippen MR) is 54.4 cm³/mol. The fourth-order valence-electron chi connectivity index (χ4n) is 1.54. The van der Waals surface area contributed by atoms with Gasteiger partial charge in [-0.2, -0.15) is 5.10 Å². The molecule has 0 atom stereocenters. The van der Waals surface area contributed by atoms with Gasteiger partial charge >= 0.3 is 0 Å². The molecule has 74 valence electrons. The lowest BCUT2D eigenvalue weighted by Gasteiger charge is -2.03. The molecule has 0 bridgehead atoms. The van der Waals surface area contributed by atoms with Crippen LogP contribution in [0.1, 0.15) is 30.8 Å². The molecule has 0 aromatic carbocycles. The Morgan fingerprint density at radius 1 is 1.46 bits per heavy atom. The van der Waals surface area contributed by atoms with Crippen LogP contribution in [0.25, 0.3) is 0 Å². The minimum absolute atomic E-state index is 0.599. The Hall–Kier alpha value is -0.830. The van der Waals surface area contributed by atoms with Crippen LogP contribution in [0.4, 0.5) is 0 Å². The van der Waals surface area contributed by atoms with E-state index >= 15 is 0 Å². The summed E-state index contributed by atoms with van der Waals surface area (Å²) in [6.07, 6.45) is 1.02. The van der Waals surface area contributed by atoms with Crippen LogP contribution < -0.4 is 5.73 Å². The van der Waals surface area contributed by atoms with Gasteiger partial charge in [-0.05, 0) is 19.3 Å².